The van der Waals surface area contributed by atoms with Gasteiger partial charge in [0.15, 0.2) is 6.61 Å². The van der Waals surface area contributed by atoms with Gasteiger partial charge in [-0.2, -0.15) is 0 Å². The van der Waals surface area contributed by atoms with Crippen molar-refractivity contribution in [1.29, 1.82) is 0 Å². The zero-order chi connectivity index (χ0) is 15.3. The Hall–Kier alpha value is -2.03. The van der Waals surface area contributed by atoms with Crippen LogP contribution in [0.5, 0.6) is 5.75 Å². The number of fused-ring (bicyclic) bond motifs is 1. The van der Waals surface area contributed by atoms with Crippen molar-refractivity contribution in [3.8, 4) is 5.75 Å². The number of esters is 1. The minimum atomic E-state index is -0.326. The monoisotopic (exact) mass is 286 g/mol. The number of benzene rings is 2. The van der Waals surface area contributed by atoms with Gasteiger partial charge in [-0.3, -0.25) is 0 Å². The Kier molecular flexibility index (Phi) is 4.84. The molecule has 0 saturated heterocycles. The van der Waals surface area contributed by atoms with Gasteiger partial charge in [-0.1, -0.05) is 51.1 Å². The summed E-state index contributed by atoms with van der Waals surface area (Å²) in [5.74, 6) is 0.355. The van der Waals surface area contributed by atoms with E-state index in [1.165, 1.54) is 0 Å². The molecule has 0 aliphatic rings. The van der Waals surface area contributed by atoms with E-state index in [-0.39, 0.29) is 18.0 Å². The van der Waals surface area contributed by atoms with E-state index in [0.29, 0.717) is 12.4 Å². The van der Waals surface area contributed by atoms with Crippen molar-refractivity contribution < 1.29 is 14.3 Å². The smallest absolute Gasteiger partial charge is 0.344 e. The summed E-state index contributed by atoms with van der Waals surface area (Å²) in [4.78, 5) is 11.6. The molecule has 0 atom stereocenters. The van der Waals surface area contributed by atoms with Gasteiger partial charge in [0.05, 0.1) is 6.61 Å². The lowest BCUT2D eigenvalue weighted by Crippen LogP contribution is -2.18. The van der Waals surface area contributed by atoms with Crippen LogP contribution in [-0.2, 0) is 9.53 Å². The van der Waals surface area contributed by atoms with Gasteiger partial charge in [0.25, 0.3) is 0 Å². The Morgan fingerprint density at radius 3 is 2.48 bits per heavy atom. The molecule has 0 heterocycles. The summed E-state index contributed by atoms with van der Waals surface area (Å²) >= 11 is 0. The van der Waals surface area contributed by atoms with E-state index in [9.17, 15) is 4.79 Å². The zero-order valence-electron chi connectivity index (χ0n) is 12.9. The molecular formula is C18H22O3. The van der Waals surface area contributed by atoms with Crippen LogP contribution in [0.15, 0.2) is 42.5 Å². The fraction of sp³-hybridized carbons (Fsp3) is 0.389. The van der Waals surface area contributed by atoms with Crippen molar-refractivity contribution in [2.24, 2.45) is 5.41 Å². The first-order valence-corrected chi connectivity index (χ1v) is 7.21. The maximum absolute atomic E-state index is 11.6. The molecule has 0 saturated carbocycles. The van der Waals surface area contributed by atoms with Crippen molar-refractivity contribution in [3.05, 3.63) is 42.5 Å². The van der Waals surface area contributed by atoms with Crippen molar-refractivity contribution in [1.82, 2.24) is 0 Å². The molecule has 3 nitrogen and oxygen atoms in total. The van der Waals surface area contributed by atoms with Gasteiger partial charge in [0.2, 0.25) is 0 Å². The third kappa shape index (κ3) is 5.10. The van der Waals surface area contributed by atoms with Gasteiger partial charge in [0.1, 0.15) is 5.75 Å². The third-order valence-electron chi connectivity index (χ3n) is 3.19. The summed E-state index contributed by atoms with van der Waals surface area (Å²) in [5, 5.41) is 2.24. The molecule has 0 radical (unpaired) electrons. The van der Waals surface area contributed by atoms with Crippen LogP contribution in [0.2, 0.25) is 0 Å². The molecule has 0 unspecified atom stereocenters. The summed E-state index contributed by atoms with van der Waals surface area (Å²) in [6.45, 7) is 6.73. The highest BCUT2D eigenvalue weighted by molar-refractivity contribution is 5.83. The zero-order valence-corrected chi connectivity index (χ0v) is 12.9. The summed E-state index contributed by atoms with van der Waals surface area (Å²) in [7, 11) is 0. The largest absolute Gasteiger partial charge is 0.482 e. The van der Waals surface area contributed by atoms with Crippen LogP contribution in [0.3, 0.4) is 0 Å². The minimum Gasteiger partial charge on any atom is -0.482 e. The maximum Gasteiger partial charge on any atom is 0.344 e. The van der Waals surface area contributed by atoms with Crippen molar-refractivity contribution >= 4 is 16.7 Å². The van der Waals surface area contributed by atoms with Crippen LogP contribution < -0.4 is 4.74 Å². The van der Waals surface area contributed by atoms with Crippen molar-refractivity contribution in [2.75, 3.05) is 13.2 Å². The summed E-state index contributed by atoms with van der Waals surface area (Å²) in [5.41, 5.74) is 0.166. The predicted molar refractivity (Wildman–Crippen MR) is 84.5 cm³/mol. The quantitative estimate of drug-likeness (QED) is 0.773. The normalized spacial score (nSPS) is 11.4. The van der Waals surface area contributed by atoms with Crippen LogP contribution in [0.25, 0.3) is 10.8 Å². The fourth-order valence-corrected chi connectivity index (χ4v) is 1.91. The van der Waals surface area contributed by atoms with Gasteiger partial charge >= 0.3 is 5.97 Å². The molecule has 0 aromatic heterocycles. The first-order chi connectivity index (χ1) is 9.94. The number of hydrogen-bond donors (Lipinski definition) is 0. The Morgan fingerprint density at radius 1 is 1.05 bits per heavy atom. The SMILES string of the molecule is CC(C)(C)CCOC(=O)COc1ccc2ccccc2c1. The van der Waals surface area contributed by atoms with Crippen molar-refractivity contribution in [3.63, 3.8) is 0 Å². The Balaban J connectivity index is 1.82. The molecule has 3 heteroatoms. The number of rotatable bonds is 5. The number of ether oxygens (including phenoxy) is 2. The number of hydrogen-bond acceptors (Lipinski definition) is 3. The molecule has 0 aliphatic carbocycles. The molecule has 2 rings (SSSR count). The molecule has 0 N–H and O–H groups in total. The first kappa shape index (κ1) is 15.4. The second-order valence-corrected chi connectivity index (χ2v) is 6.33. The Labute approximate surface area is 125 Å². The van der Waals surface area contributed by atoms with E-state index in [1.54, 1.807) is 0 Å². The predicted octanol–water partition coefficient (Wildman–Crippen LogP) is 4.20. The molecule has 2 aromatic rings. The van der Waals surface area contributed by atoms with Crippen molar-refractivity contribution in [2.45, 2.75) is 27.2 Å². The van der Waals surface area contributed by atoms with Gasteiger partial charge in [-0.05, 0) is 34.7 Å². The maximum atomic E-state index is 11.6. The Bertz CT molecular complexity index is 611. The van der Waals surface area contributed by atoms with Gasteiger partial charge in [0, 0.05) is 0 Å². The lowest BCUT2D eigenvalue weighted by atomic mass is 9.93. The highest BCUT2D eigenvalue weighted by Crippen LogP contribution is 2.21. The van der Waals surface area contributed by atoms with Crippen LogP contribution in [0.4, 0.5) is 0 Å². The van der Waals surface area contributed by atoms with Gasteiger partial charge in [-0.15, -0.1) is 0 Å². The van der Waals surface area contributed by atoms with Gasteiger partial charge in [-0.25, -0.2) is 4.79 Å². The summed E-state index contributed by atoms with van der Waals surface area (Å²) < 4.78 is 10.6. The van der Waals surface area contributed by atoms with Crippen LogP contribution in [0, 0.1) is 5.41 Å². The van der Waals surface area contributed by atoms with E-state index in [2.05, 4.69) is 20.8 Å². The molecule has 0 aliphatic heterocycles. The average Bonchev–Trinajstić information content (AvgIpc) is 2.43. The summed E-state index contributed by atoms with van der Waals surface area (Å²) in [6.07, 6.45) is 0.842. The van der Waals surface area contributed by atoms with Crippen LogP contribution >= 0.6 is 0 Å². The standard InChI is InChI=1S/C18H22O3/c1-18(2,3)10-11-20-17(19)13-21-16-9-8-14-6-4-5-7-15(14)12-16/h4-9,12H,10-11,13H2,1-3H3. The second kappa shape index (κ2) is 6.61. The van der Waals surface area contributed by atoms with Crippen LogP contribution in [0.1, 0.15) is 27.2 Å². The number of carbonyl (C=O) groups excluding carboxylic acids is 1. The molecule has 0 bridgehead atoms. The van der Waals surface area contributed by atoms with E-state index < -0.39 is 0 Å². The molecular weight excluding hydrogens is 264 g/mol. The van der Waals surface area contributed by atoms with E-state index in [0.717, 1.165) is 17.2 Å². The average molecular weight is 286 g/mol. The minimum absolute atomic E-state index is 0.0531. The third-order valence-corrected chi connectivity index (χ3v) is 3.19. The first-order valence-electron chi connectivity index (χ1n) is 7.21. The highest BCUT2D eigenvalue weighted by Gasteiger charge is 2.12. The molecule has 0 spiro atoms. The highest BCUT2D eigenvalue weighted by atomic mass is 16.6. The summed E-state index contributed by atoms with van der Waals surface area (Å²) in [6, 6.07) is 13.8. The number of carbonyl (C=O) groups is 1. The van der Waals surface area contributed by atoms with E-state index in [4.69, 9.17) is 9.47 Å². The second-order valence-electron chi connectivity index (χ2n) is 6.33. The lowest BCUT2D eigenvalue weighted by molar-refractivity contribution is -0.146. The fourth-order valence-electron chi connectivity index (χ4n) is 1.91. The lowest BCUT2D eigenvalue weighted by Gasteiger charge is -2.17. The molecule has 2 aromatic carbocycles. The van der Waals surface area contributed by atoms with Crippen LogP contribution in [-0.4, -0.2) is 19.2 Å². The molecule has 0 fully saturated rings. The Morgan fingerprint density at radius 2 is 1.76 bits per heavy atom. The topological polar surface area (TPSA) is 35.5 Å². The molecule has 0 amide bonds. The van der Waals surface area contributed by atoms with E-state index in [1.807, 2.05) is 42.5 Å². The molecule has 21 heavy (non-hydrogen) atoms. The van der Waals surface area contributed by atoms with Gasteiger partial charge < -0.3 is 9.47 Å². The molecule has 112 valence electrons. The van der Waals surface area contributed by atoms with E-state index >= 15 is 0 Å².